The molecule has 0 saturated heterocycles. The largest absolute Gasteiger partial charge is 0.478 e. The van der Waals surface area contributed by atoms with E-state index in [9.17, 15) is 15.0 Å². The van der Waals surface area contributed by atoms with Crippen LogP contribution in [-0.2, 0) is 4.79 Å². The third kappa shape index (κ3) is 2.21. The first-order valence-electron chi connectivity index (χ1n) is 7.09. The maximum atomic E-state index is 10.8. The van der Waals surface area contributed by atoms with Crippen LogP contribution in [0, 0.1) is 11.3 Å². The Morgan fingerprint density at radius 3 is 2.16 bits per heavy atom. The molecular formula is C15H22O4. The lowest BCUT2D eigenvalue weighted by atomic mass is 9.45. The molecule has 19 heavy (non-hydrogen) atoms. The average Bonchev–Trinajstić information content (AvgIpc) is 2.20. The van der Waals surface area contributed by atoms with Crippen LogP contribution in [0.2, 0.25) is 0 Å². The van der Waals surface area contributed by atoms with E-state index in [1.165, 1.54) is 0 Å². The van der Waals surface area contributed by atoms with Gasteiger partial charge in [0.15, 0.2) is 0 Å². The summed E-state index contributed by atoms with van der Waals surface area (Å²) >= 11 is 0. The Balaban J connectivity index is 1.77. The second kappa shape index (κ2) is 3.83. The number of hydrogen-bond acceptors (Lipinski definition) is 3. The van der Waals surface area contributed by atoms with Gasteiger partial charge in [0.1, 0.15) is 0 Å². The molecule has 4 bridgehead atoms. The van der Waals surface area contributed by atoms with Crippen molar-refractivity contribution in [3.8, 4) is 0 Å². The van der Waals surface area contributed by atoms with Crippen molar-refractivity contribution in [3.63, 3.8) is 0 Å². The van der Waals surface area contributed by atoms with Gasteiger partial charge in [-0.2, -0.15) is 0 Å². The molecule has 3 N–H and O–H groups in total. The van der Waals surface area contributed by atoms with E-state index in [0.29, 0.717) is 31.6 Å². The lowest BCUT2D eigenvalue weighted by molar-refractivity contribution is -0.231. The highest BCUT2D eigenvalue weighted by molar-refractivity contribution is 5.85. The lowest BCUT2D eigenvalue weighted by Crippen LogP contribution is -2.63. The Labute approximate surface area is 113 Å². The van der Waals surface area contributed by atoms with E-state index in [1.807, 2.05) is 0 Å². The Morgan fingerprint density at radius 2 is 1.68 bits per heavy atom. The fourth-order valence-electron chi connectivity index (χ4n) is 5.33. The molecule has 0 amide bonds. The highest BCUT2D eigenvalue weighted by Gasteiger charge is 2.62. The molecule has 106 valence electrons. The van der Waals surface area contributed by atoms with Gasteiger partial charge in [-0.25, -0.2) is 4.79 Å². The van der Waals surface area contributed by atoms with Crippen molar-refractivity contribution in [2.24, 2.45) is 11.3 Å². The number of carboxylic acid groups (broad SMARTS) is 1. The fourth-order valence-corrected chi connectivity index (χ4v) is 5.33. The van der Waals surface area contributed by atoms with Crippen LogP contribution in [0.3, 0.4) is 0 Å². The smallest absolute Gasteiger partial charge is 0.330 e. The summed E-state index contributed by atoms with van der Waals surface area (Å²) < 4.78 is 0. The van der Waals surface area contributed by atoms with Gasteiger partial charge in [-0.1, -0.05) is 6.58 Å². The Kier molecular flexibility index (Phi) is 2.64. The van der Waals surface area contributed by atoms with E-state index in [0.717, 1.165) is 25.7 Å². The number of carboxylic acids is 1. The number of aliphatic carboxylic acids is 1. The predicted octanol–water partition coefficient (Wildman–Crippen LogP) is 1.85. The van der Waals surface area contributed by atoms with E-state index in [-0.39, 0.29) is 11.0 Å². The number of aliphatic hydroxyl groups is 2. The van der Waals surface area contributed by atoms with Crippen molar-refractivity contribution in [1.82, 2.24) is 0 Å². The molecule has 4 rings (SSSR count). The molecule has 4 aliphatic rings. The van der Waals surface area contributed by atoms with Crippen LogP contribution in [0.25, 0.3) is 0 Å². The molecule has 4 heteroatoms. The SMILES string of the molecule is C=C(CCC12CC3CC(O)(CC(O)(C3)C1)C2)C(=O)O. The molecular weight excluding hydrogens is 244 g/mol. The van der Waals surface area contributed by atoms with Gasteiger partial charge in [0.05, 0.1) is 11.2 Å². The van der Waals surface area contributed by atoms with Crippen LogP contribution in [0.5, 0.6) is 0 Å². The number of hydrogen-bond donors (Lipinski definition) is 3. The van der Waals surface area contributed by atoms with Crippen LogP contribution < -0.4 is 0 Å². The predicted molar refractivity (Wildman–Crippen MR) is 69.5 cm³/mol. The first kappa shape index (κ1) is 13.1. The summed E-state index contributed by atoms with van der Waals surface area (Å²) in [4.78, 5) is 10.8. The summed E-state index contributed by atoms with van der Waals surface area (Å²) in [6.45, 7) is 3.58. The maximum absolute atomic E-state index is 10.8. The molecule has 0 aromatic heterocycles. The second-order valence-corrected chi connectivity index (χ2v) is 7.37. The molecule has 4 nitrogen and oxygen atoms in total. The van der Waals surface area contributed by atoms with Crippen LogP contribution in [0.15, 0.2) is 12.2 Å². The summed E-state index contributed by atoms with van der Waals surface area (Å²) in [7, 11) is 0. The van der Waals surface area contributed by atoms with E-state index >= 15 is 0 Å². The molecule has 0 aliphatic heterocycles. The molecule has 4 fully saturated rings. The monoisotopic (exact) mass is 266 g/mol. The molecule has 4 saturated carbocycles. The summed E-state index contributed by atoms with van der Waals surface area (Å²) in [6.07, 6.45) is 5.72. The normalized spacial score (nSPS) is 47.4. The standard InChI is InChI=1S/C15H22O4/c1-10(12(16)17)2-3-13-4-11-5-14(18,7-13)9-15(19,6-11)8-13/h11,18-19H,1-9H2,(H,16,17). The lowest BCUT2D eigenvalue weighted by Gasteiger charge is -2.63. The third-order valence-electron chi connectivity index (χ3n) is 5.38. The molecule has 4 aliphatic carbocycles. The van der Waals surface area contributed by atoms with E-state index in [4.69, 9.17) is 5.11 Å². The van der Waals surface area contributed by atoms with Gasteiger partial charge in [0.2, 0.25) is 0 Å². The minimum atomic E-state index is -0.942. The highest BCUT2D eigenvalue weighted by Crippen LogP contribution is 2.64. The second-order valence-electron chi connectivity index (χ2n) is 7.37. The first-order chi connectivity index (χ1) is 8.73. The highest BCUT2D eigenvalue weighted by atomic mass is 16.4. The van der Waals surface area contributed by atoms with Crippen LogP contribution in [0.4, 0.5) is 0 Å². The first-order valence-corrected chi connectivity index (χ1v) is 7.09. The number of carbonyl (C=O) groups is 1. The molecule has 0 aromatic rings. The van der Waals surface area contributed by atoms with E-state index in [1.54, 1.807) is 0 Å². The van der Waals surface area contributed by atoms with Crippen molar-refractivity contribution in [2.45, 2.75) is 62.6 Å². The van der Waals surface area contributed by atoms with Crippen molar-refractivity contribution >= 4 is 5.97 Å². The van der Waals surface area contributed by atoms with Gasteiger partial charge in [0.25, 0.3) is 0 Å². The van der Waals surface area contributed by atoms with Gasteiger partial charge < -0.3 is 15.3 Å². The van der Waals surface area contributed by atoms with Crippen molar-refractivity contribution in [3.05, 3.63) is 12.2 Å². The molecule has 2 unspecified atom stereocenters. The van der Waals surface area contributed by atoms with Gasteiger partial charge in [0, 0.05) is 12.0 Å². The zero-order chi connectivity index (χ0) is 13.9. The van der Waals surface area contributed by atoms with Crippen molar-refractivity contribution in [2.75, 3.05) is 0 Å². The van der Waals surface area contributed by atoms with E-state index < -0.39 is 17.2 Å². The van der Waals surface area contributed by atoms with Crippen molar-refractivity contribution in [1.29, 1.82) is 0 Å². The van der Waals surface area contributed by atoms with Gasteiger partial charge in [-0.15, -0.1) is 0 Å². The summed E-state index contributed by atoms with van der Waals surface area (Å²) in [5, 5.41) is 30.1. The Hall–Kier alpha value is -0.870. The minimum Gasteiger partial charge on any atom is -0.478 e. The molecule has 0 spiro atoms. The minimum absolute atomic E-state index is 0.0820. The average molecular weight is 266 g/mol. The topological polar surface area (TPSA) is 77.8 Å². The van der Waals surface area contributed by atoms with Crippen molar-refractivity contribution < 1.29 is 20.1 Å². The zero-order valence-electron chi connectivity index (χ0n) is 11.2. The summed E-state index contributed by atoms with van der Waals surface area (Å²) in [6, 6.07) is 0. The fraction of sp³-hybridized carbons (Fsp3) is 0.800. The summed E-state index contributed by atoms with van der Waals surface area (Å²) in [5.41, 5.74) is -1.30. The van der Waals surface area contributed by atoms with Crippen LogP contribution in [-0.4, -0.2) is 32.5 Å². The molecule has 0 radical (unpaired) electrons. The van der Waals surface area contributed by atoms with Gasteiger partial charge >= 0.3 is 5.97 Å². The molecule has 2 atom stereocenters. The molecule has 0 heterocycles. The zero-order valence-corrected chi connectivity index (χ0v) is 11.2. The molecule has 0 aromatic carbocycles. The van der Waals surface area contributed by atoms with Gasteiger partial charge in [-0.05, 0) is 56.3 Å². The summed E-state index contributed by atoms with van der Waals surface area (Å²) in [5.74, 6) is -0.550. The Bertz CT molecular complexity index is 423. The quantitative estimate of drug-likeness (QED) is 0.679. The number of rotatable bonds is 4. The van der Waals surface area contributed by atoms with Gasteiger partial charge in [-0.3, -0.25) is 0 Å². The maximum Gasteiger partial charge on any atom is 0.330 e. The third-order valence-corrected chi connectivity index (χ3v) is 5.38. The van der Waals surface area contributed by atoms with Crippen LogP contribution in [0.1, 0.15) is 51.4 Å². The Morgan fingerprint density at radius 1 is 1.11 bits per heavy atom. The van der Waals surface area contributed by atoms with Crippen LogP contribution >= 0.6 is 0 Å². The van der Waals surface area contributed by atoms with E-state index in [2.05, 4.69) is 6.58 Å².